The molecule has 0 saturated carbocycles. The predicted molar refractivity (Wildman–Crippen MR) is 50.7 cm³/mol. The number of hydrogen-bond acceptors (Lipinski definition) is 4. The smallest absolute Gasteiger partial charge is 0.147 e. The predicted octanol–water partition coefficient (Wildman–Crippen LogP) is -0.385. The number of rotatable bonds is 1. The first-order valence-corrected chi connectivity index (χ1v) is 4.68. The monoisotopic (exact) mass is 181 g/mol. The quantitative estimate of drug-likeness (QED) is 0.641. The first-order chi connectivity index (χ1) is 6.38. The number of anilines is 1. The molecule has 1 aliphatic heterocycles. The molecule has 2 heterocycles. The summed E-state index contributed by atoms with van der Waals surface area (Å²) in [4.78, 5) is 2.32. The lowest BCUT2D eigenvalue weighted by Crippen LogP contribution is -2.29. The molecule has 1 aromatic heterocycles. The molecule has 1 fully saturated rings. The minimum absolute atomic E-state index is 1.04. The van der Waals surface area contributed by atoms with Gasteiger partial charge in [0, 0.05) is 26.7 Å². The summed E-state index contributed by atoms with van der Waals surface area (Å²) < 4.78 is 1.82. The average molecular weight is 181 g/mol. The number of aryl methyl sites for hydroxylation is 1. The largest absolute Gasteiger partial charge is 0.354 e. The van der Waals surface area contributed by atoms with E-state index < -0.39 is 0 Å². The standard InChI is InChI=1S/C8H15N5/c1-12-8(7-10-11-12)13-5-2-3-9-4-6-13/h7,9H,2-6H2,1H3. The SMILES string of the molecule is Cn1nncc1N1CCCNCC1. The van der Waals surface area contributed by atoms with Crippen LogP contribution < -0.4 is 10.2 Å². The molecule has 0 atom stereocenters. The number of hydrogen-bond donors (Lipinski definition) is 1. The van der Waals surface area contributed by atoms with Crippen LogP contribution >= 0.6 is 0 Å². The molecule has 2 rings (SSSR count). The second-order valence-electron chi connectivity index (χ2n) is 3.31. The Kier molecular flexibility index (Phi) is 2.44. The molecule has 1 saturated heterocycles. The fourth-order valence-corrected chi connectivity index (χ4v) is 1.65. The molecule has 1 N–H and O–H groups in total. The summed E-state index contributed by atoms with van der Waals surface area (Å²) >= 11 is 0. The summed E-state index contributed by atoms with van der Waals surface area (Å²) in [5.41, 5.74) is 0. The van der Waals surface area contributed by atoms with Gasteiger partial charge >= 0.3 is 0 Å². The van der Waals surface area contributed by atoms with Crippen molar-refractivity contribution in [2.75, 3.05) is 31.1 Å². The van der Waals surface area contributed by atoms with Crippen molar-refractivity contribution in [1.82, 2.24) is 20.3 Å². The highest BCUT2D eigenvalue weighted by atomic mass is 15.5. The van der Waals surface area contributed by atoms with Gasteiger partial charge in [-0.3, -0.25) is 0 Å². The number of nitrogens with one attached hydrogen (secondary N) is 1. The first-order valence-electron chi connectivity index (χ1n) is 4.68. The van der Waals surface area contributed by atoms with Gasteiger partial charge in [-0.1, -0.05) is 5.21 Å². The van der Waals surface area contributed by atoms with Crippen LogP contribution in [0.15, 0.2) is 6.20 Å². The molecule has 0 unspecified atom stereocenters. The van der Waals surface area contributed by atoms with E-state index >= 15 is 0 Å². The summed E-state index contributed by atoms with van der Waals surface area (Å²) in [6, 6.07) is 0. The molecule has 5 heteroatoms. The summed E-state index contributed by atoms with van der Waals surface area (Å²) in [6.07, 6.45) is 3.01. The lowest BCUT2D eigenvalue weighted by molar-refractivity contribution is 0.682. The second kappa shape index (κ2) is 3.74. The normalized spacial score (nSPS) is 18.7. The van der Waals surface area contributed by atoms with Crippen molar-refractivity contribution in [2.24, 2.45) is 7.05 Å². The maximum atomic E-state index is 3.93. The molecule has 0 bridgehead atoms. The zero-order valence-corrected chi connectivity index (χ0v) is 7.90. The summed E-state index contributed by atoms with van der Waals surface area (Å²) in [6.45, 7) is 4.29. The van der Waals surface area contributed by atoms with Crippen molar-refractivity contribution >= 4 is 5.82 Å². The van der Waals surface area contributed by atoms with Gasteiger partial charge in [0.25, 0.3) is 0 Å². The Hall–Kier alpha value is -1.10. The van der Waals surface area contributed by atoms with Crippen molar-refractivity contribution in [3.63, 3.8) is 0 Å². The molecule has 13 heavy (non-hydrogen) atoms. The Morgan fingerprint density at radius 2 is 2.31 bits per heavy atom. The maximum absolute atomic E-state index is 3.93. The van der Waals surface area contributed by atoms with Crippen LogP contribution in [-0.2, 0) is 7.05 Å². The third kappa shape index (κ3) is 1.80. The molecule has 5 nitrogen and oxygen atoms in total. The van der Waals surface area contributed by atoms with Gasteiger partial charge in [0.1, 0.15) is 5.82 Å². The van der Waals surface area contributed by atoms with E-state index in [9.17, 15) is 0 Å². The van der Waals surface area contributed by atoms with Gasteiger partial charge < -0.3 is 10.2 Å². The molecular formula is C8H15N5. The zero-order valence-electron chi connectivity index (χ0n) is 7.90. The van der Waals surface area contributed by atoms with Crippen LogP contribution in [0.2, 0.25) is 0 Å². The molecule has 72 valence electrons. The summed E-state index contributed by atoms with van der Waals surface area (Å²) in [7, 11) is 1.93. The Morgan fingerprint density at radius 3 is 3.08 bits per heavy atom. The van der Waals surface area contributed by atoms with E-state index in [-0.39, 0.29) is 0 Å². The van der Waals surface area contributed by atoms with E-state index in [4.69, 9.17) is 0 Å². The maximum Gasteiger partial charge on any atom is 0.147 e. The molecule has 0 amide bonds. The Labute approximate surface area is 77.7 Å². The van der Waals surface area contributed by atoms with Crippen LogP contribution in [0.3, 0.4) is 0 Å². The van der Waals surface area contributed by atoms with E-state index in [1.54, 1.807) is 0 Å². The molecule has 0 aromatic carbocycles. The third-order valence-electron chi connectivity index (χ3n) is 2.35. The van der Waals surface area contributed by atoms with Gasteiger partial charge in [0.15, 0.2) is 0 Å². The second-order valence-corrected chi connectivity index (χ2v) is 3.31. The minimum atomic E-state index is 1.04. The summed E-state index contributed by atoms with van der Waals surface area (Å²) in [5.74, 6) is 1.11. The van der Waals surface area contributed by atoms with Crippen molar-refractivity contribution in [3.8, 4) is 0 Å². The molecular weight excluding hydrogens is 166 g/mol. The topological polar surface area (TPSA) is 46.0 Å². The van der Waals surface area contributed by atoms with Crippen LogP contribution in [-0.4, -0.2) is 41.2 Å². The van der Waals surface area contributed by atoms with Crippen molar-refractivity contribution in [1.29, 1.82) is 0 Å². The molecule has 0 spiro atoms. The van der Waals surface area contributed by atoms with E-state index in [0.29, 0.717) is 0 Å². The van der Waals surface area contributed by atoms with E-state index in [2.05, 4.69) is 20.5 Å². The summed E-state index contributed by atoms with van der Waals surface area (Å²) in [5, 5.41) is 11.2. The van der Waals surface area contributed by atoms with Gasteiger partial charge in [-0.2, -0.15) is 0 Å². The van der Waals surface area contributed by atoms with Gasteiger partial charge in [0.05, 0.1) is 6.20 Å². The first kappa shape index (κ1) is 8.50. The van der Waals surface area contributed by atoms with Crippen LogP contribution in [0.1, 0.15) is 6.42 Å². The van der Waals surface area contributed by atoms with Gasteiger partial charge in [-0.25, -0.2) is 4.68 Å². The lowest BCUT2D eigenvalue weighted by atomic mass is 10.4. The highest BCUT2D eigenvalue weighted by Crippen LogP contribution is 2.10. The third-order valence-corrected chi connectivity index (χ3v) is 2.35. The molecule has 0 radical (unpaired) electrons. The highest BCUT2D eigenvalue weighted by molar-refractivity contribution is 5.35. The van der Waals surface area contributed by atoms with Gasteiger partial charge in [-0.05, 0) is 13.0 Å². The fraction of sp³-hybridized carbons (Fsp3) is 0.750. The lowest BCUT2D eigenvalue weighted by Gasteiger charge is -2.20. The fourth-order valence-electron chi connectivity index (χ4n) is 1.65. The van der Waals surface area contributed by atoms with Gasteiger partial charge in [-0.15, -0.1) is 5.10 Å². The van der Waals surface area contributed by atoms with Crippen LogP contribution in [0.25, 0.3) is 0 Å². The van der Waals surface area contributed by atoms with Crippen LogP contribution in [0.4, 0.5) is 5.82 Å². The van der Waals surface area contributed by atoms with Gasteiger partial charge in [0.2, 0.25) is 0 Å². The van der Waals surface area contributed by atoms with Crippen molar-refractivity contribution < 1.29 is 0 Å². The van der Waals surface area contributed by atoms with E-state index in [1.165, 1.54) is 6.42 Å². The van der Waals surface area contributed by atoms with Crippen LogP contribution in [0.5, 0.6) is 0 Å². The number of aromatic nitrogens is 3. The Morgan fingerprint density at radius 1 is 1.38 bits per heavy atom. The Bertz CT molecular complexity index is 261. The highest BCUT2D eigenvalue weighted by Gasteiger charge is 2.12. The zero-order chi connectivity index (χ0) is 9.10. The van der Waals surface area contributed by atoms with E-state index in [1.807, 2.05) is 17.9 Å². The van der Waals surface area contributed by atoms with Crippen molar-refractivity contribution in [3.05, 3.63) is 6.20 Å². The molecule has 0 aliphatic carbocycles. The van der Waals surface area contributed by atoms with E-state index in [0.717, 1.165) is 32.0 Å². The van der Waals surface area contributed by atoms with Crippen LogP contribution in [0, 0.1) is 0 Å². The number of nitrogens with zero attached hydrogens (tertiary/aromatic N) is 4. The molecule has 1 aliphatic rings. The average Bonchev–Trinajstić information content (AvgIpc) is 2.43. The van der Waals surface area contributed by atoms with Crippen molar-refractivity contribution in [2.45, 2.75) is 6.42 Å². The molecule has 1 aromatic rings. The Balaban J connectivity index is 2.10. The minimum Gasteiger partial charge on any atom is -0.354 e.